The highest BCUT2D eigenvalue weighted by atomic mass is 32.2. The minimum Gasteiger partial charge on any atom is -0.477 e. The first-order chi connectivity index (χ1) is 11.8. The van der Waals surface area contributed by atoms with Gasteiger partial charge in [-0.25, -0.2) is 22.9 Å². The predicted octanol–water partition coefficient (Wildman–Crippen LogP) is 0.0109. The van der Waals surface area contributed by atoms with Gasteiger partial charge >= 0.3 is 5.97 Å². The van der Waals surface area contributed by atoms with Crippen molar-refractivity contribution in [3.05, 3.63) is 29.6 Å². The zero-order chi connectivity index (χ0) is 18.2. The molecule has 0 radical (unpaired) electrons. The van der Waals surface area contributed by atoms with Crippen molar-refractivity contribution in [1.82, 2.24) is 24.1 Å². The molecule has 0 amide bonds. The number of carbonyl (C=O) groups is 1. The third-order valence-electron chi connectivity index (χ3n) is 3.97. The van der Waals surface area contributed by atoms with Crippen LogP contribution in [0.5, 0.6) is 0 Å². The van der Waals surface area contributed by atoms with Gasteiger partial charge in [0.05, 0.1) is 19.3 Å². The molecule has 2 aromatic heterocycles. The number of hydrogen-bond acceptors (Lipinski definition) is 6. The number of carboxylic acid groups (broad SMARTS) is 1. The lowest BCUT2D eigenvalue weighted by Gasteiger charge is -2.31. The van der Waals surface area contributed by atoms with E-state index in [9.17, 15) is 13.2 Å². The van der Waals surface area contributed by atoms with Crippen molar-refractivity contribution >= 4 is 16.0 Å². The normalized spacial score (nSPS) is 19.2. The third-order valence-corrected chi connectivity index (χ3v) is 5.81. The van der Waals surface area contributed by atoms with Gasteiger partial charge in [0.15, 0.2) is 0 Å². The lowest BCUT2D eigenvalue weighted by atomic mass is 10.3. The van der Waals surface area contributed by atoms with E-state index in [2.05, 4.69) is 15.1 Å². The number of aromatic amines is 1. The topological polar surface area (TPSA) is 130 Å². The van der Waals surface area contributed by atoms with Crippen LogP contribution >= 0.6 is 0 Å². The Labute approximate surface area is 144 Å². The lowest BCUT2D eigenvalue weighted by Crippen LogP contribution is -2.47. The van der Waals surface area contributed by atoms with Crippen molar-refractivity contribution in [3.8, 4) is 0 Å². The molecule has 0 spiro atoms. The molecule has 2 aromatic rings. The van der Waals surface area contributed by atoms with Gasteiger partial charge in [-0.05, 0) is 19.9 Å². The highest BCUT2D eigenvalue weighted by molar-refractivity contribution is 7.89. The van der Waals surface area contributed by atoms with Crippen LogP contribution in [0.15, 0.2) is 17.2 Å². The van der Waals surface area contributed by atoms with Gasteiger partial charge in [0, 0.05) is 19.3 Å². The average molecular weight is 369 g/mol. The summed E-state index contributed by atoms with van der Waals surface area (Å²) in [5, 5.41) is 13.2. The van der Waals surface area contributed by atoms with Gasteiger partial charge in [-0.2, -0.15) is 9.40 Å². The first kappa shape index (κ1) is 17.6. The van der Waals surface area contributed by atoms with Gasteiger partial charge in [-0.1, -0.05) is 0 Å². The molecule has 0 bridgehead atoms. The fraction of sp³-hybridized carbons (Fsp3) is 0.500. The van der Waals surface area contributed by atoms with Crippen molar-refractivity contribution < 1.29 is 23.1 Å². The quantitative estimate of drug-likeness (QED) is 0.759. The van der Waals surface area contributed by atoms with Gasteiger partial charge in [-0.3, -0.25) is 0 Å². The summed E-state index contributed by atoms with van der Waals surface area (Å²) in [6.45, 7) is 4.63. The molecule has 1 fully saturated rings. The molecule has 1 saturated heterocycles. The molecule has 1 aliphatic heterocycles. The number of aromatic carboxylic acids is 1. The maximum atomic E-state index is 12.7. The summed E-state index contributed by atoms with van der Waals surface area (Å²) in [7, 11) is -3.79. The number of nitrogens with zero attached hydrogens (tertiary/aromatic N) is 4. The first-order valence-electron chi connectivity index (χ1n) is 7.69. The van der Waals surface area contributed by atoms with Crippen molar-refractivity contribution in [3.63, 3.8) is 0 Å². The van der Waals surface area contributed by atoms with E-state index in [0.717, 1.165) is 11.9 Å². The maximum absolute atomic E-state index is 12.7. The molecular weight excluding hydrogens is 350 g/mol. The Hall–Kier alpha value is -2.24. The Morgan fingerprint density at radius 1 is 1.48 bits per heavy atom. The smallest absolute Gasteiger partial charge is 0.352 e. The van der Waals surface area contributed by atoms with Crippen LogP contribution in [-0.2, 0) is 21.3 Å². The number of morpholine rings is 1. The molecule has 10 nitrogen and oxygen atoms in total. The molecule has 0 saturated carbocycles. The number of aromatic nitrogens is 4. The second kappa shape index (κ2) is 6.58. The molecule has 3 heterocycles. The SMILES string of the molecule is Cc1nc(C)n(CC2CN(S(=O)(=O)c3c[nH]c(C(=O)O)c3)CCO2)n1. The van der Waals surface area contributed by atoms with Crippen LogP contribution in [0, 0.1) is 13.8 Å². The largest absolute Gasteiger partial charge is 0.477 e. The third kappa shape index (κ3) is 3.57. The summed E-state index contributed by atoms with van der Waals surface area (Å²) in [4.78, 5) is 17.5. The molecule has 1 unspecified atom stereocenters. The highest BCUT2D eigenvalue weighted by Gasteiger charge is 2.32. The van der Waals surface area contributed by atoms with Crippen LogP contribution in [-0.4, -0.2) is 69.3 Å². The first-order valence-corrected chi connectivity index (χ1v) is 9.13. The van der Waals surface area contributed by atoms with Crippen LogP contribution < -0.4 is 0 Å². The molecule has 0 aliphatic carbocycles. The Kier molecular flexibility index (Phi) is 4.62. The van der Waals surface area contributed by atoms with Crippen LogP contribution in [0.1, 0.15) is 22.1 Å². The number of carboxylic acids is 1. The summed E-state index contributed by atoms with van der Waals surface area (Å²) >= 11 is 0. The number of sulfonamides is 1. The number of aryl methyl sites for hydroxylation is 2. The molecule has 11 heteroatoms. The fourth-order valence-corrected chi connectivity index (χ4v) is 4.19. The maximum Gasteiger partial charge on any atom is 0.352 e. The molecule has 25 heavy (non-hydrogen) atoms. The number of rotatable bonds is 5. The Morgan fingerprint density at radius 3 is 2.84 bits per heavy atom. The van der Waals surface area contributed by atoms with E-state index in [1.54, 1.807) is 11.6 Å². The zero-order valence-electron chi connectivity index (χ0n) is 13.8. The van der Waals surface area contributed by atoms with Crippen molar-refractivity contribution in [2.24, 2.45) is 0 Å². The second-order valence-electron chi connectivity index (χ2n) is 5.80. The van der Waals surface area contributed by atoms with Gasteiger partial charge in [0.1, 0.15) is 22.2 Å². The second-order valence-corrected chi connectivity index (χ2v) is 7.74. The highest BCUT2D eigenvalue weighted by Crippen LogP contribution is 2.20. The number of nitrogens with one attached hydrogen (secondary N) is 1. The van der Waals surface area contributed by atoms with Gasteiger partial charge in [0.25, 0.3) is 0 Å². The predicted molar refractivity (Wildman–Crippen MR) is 85.7 cm³/mol. The lowest BCUT2D eigenvalue weighted by molar-refractivity contribution is -0.0124. The van der Waals surface area contributed by atoms with E-state index in [1.807, 2.05) is 6.92 Å². The Morgan fingerprint density at radius 2 is 2.24 bits per heavy atom. The minimum atomic E-state index is -3.79. The van der Waals surface area contributed by atoms with Gasteiger partial charge in [-0.15, -0.1) is 0 Å². The molecule has 136 valence electrons. The van der Waals surface area contributed by atoms with E-state index < -0.39 is 16.0 Å². The average Bonchev–Trinajstić information content (AvgIpc) is 3.15. The monoisotopic (exact) mass is 369 g/mol. The summed E-state index contributed by atoms with van der Waals surface area (Å²) in [5.74, 6) is 0.169. The molecule has 1 atom stereocenters. The fourth-order valence-electron chi connectivity index (χ4n) is 2.74. The standard InChI is InChI=1S/C14H19N5O5S/c1-9-16-10(2)19(17-9)8-11-7-18(3-4-24-11)25(22,23)12-5-13(14(20)21)15-6-12/h5-6,11,15H,3-4,7-8H2,1-2H3,(H,20,21). The van der Waals surface area contributed by atoms with Crippen LogP contribution in [0.4, 0.5) is 0 Å². The molecule has 2 N–H and O–H groups in total. The summed E-state index contributed by atoms with van der Waals surface area (Å²) in [5.41, 5.74) is -0.169. The molecule has 0 aromatic carbocycles. The summed E-state index contributed by atoms with van der Waals surface area (Å²) in [6.07, 6.45) is 0.829. The van der Waals surface area contributed by atoms with Crippen LogP contribution in [0.3, 0.4) is 0 Å². The number of H-pyrrole nitrogens is 1. The summed E-state index contributed by atoms with van der Waals surface area (Å²) in [6, 6.07) is 1.12. The Balaban J connectivity index is 1.75. The van der Waals surface area contributed by atoms with E-state index in [0.29, 0.717) is 12.4 Å². The molecule has 1 aliphatic rings. The molecular formula is C14H19N5O5S. The van der Waals surface area contributed by atoms with E-state index >= 15 is 0 Å². The number of hydrogen-bond donors (Lipinski definition) is 2. The van der Waals surface area contributed by atoms with E-state index in [1.165, 1.54) is 10.5 Å². The van der Waals surface area contributed by atoms with Crippen LogP contribution in [0.2, 0.25) is 0 Å². The molecule has 3 rings (SSSR count). The number of ether oxygens (including phenoxy) is 1. The van der Waals surface area contributed by atoms with Gasteiger partial charge < -0.3 is 14.8 Å². The van der Waals surface area contributed by atoms with Crippen molar-refractivity contribution in [2.75, 3.05) is 19.7 Å². The van der Waals surface area contributed by atoms with E-state index in [-0.39, 0.29) is 36.4 Å². The summed E-state index contributed by atoms with van der Waals surface area (Å²) < 4.78 is 34.1. The zero-order valence-corrected chi connectivity index (χ0v) is 14.7. The minimum absolute atomic E-state index is 0.0710. The van der Waals surface area contributed by atoms with Gasteiger partial charge in [0.2, 0.25) is 10.0 Å². The van der Waals surface area contributed by atoms with E-state index in [4.69, 9.17) is 9.84 Å². The Bertz CT molecular complexity index is 887. The van der Waals surface area contributed by atoms with Crippen LogP contribution in [0.25, 0.3) is 0 Å². The van der Waals surface area contributed by atoms with Crippen molar-refractivity contribution in [2.45, 2.75) is 31.4 Å². The van der Waals surface area contributed by atoms with Crippen molar-refractivity contribution in [1.29, 1.82) is 0 Å².